The van der Waals surface area contributed by atoms with Crippen molar-refractivity contribution in [3.63, 3.8) is 0 Å². The summed E-state index contributed by atoms with van der Waals surface area (Å²) in [6.45, 7) is 7.53. The number of ether oxygens (including phenoxy) is 1. The summed E-state index contributed by atoms with van der Waals surface area (Å²) in [6.07, 6.45) is 2.77. The Hall–Kier alpha value is -1.24. The highest BCUT2D eigenvalue weighted by Crippen LogP contribution is 2.09. The molecule has 0 aliphatic heterocycles. The van der Waals surface area contributed by atoms with Crippen molar-refractivity contribution >= 4 is 6.09 Å². The number of hydrogen-bond donors (Lipinski definition) is 1. The van der Waals surface area contributed by atoms with Crippen molar-refractivity contribution in [3.05, 3.63) is 0 Å². The Kier molecular flexibility index (Phi) is 6.55. The summed E-state index contributed by atoms with van der Waals surface area (Å²) in [5.74, 6) is 0. The lowest BCUT2D eigenvalue weighted by atomic mass is 10.1. The number of carbonyl (C=O) groups is 1. The van der Waals surface area contributed by atoms with Crippen LogP contribution in [0.3, 0.4) is 0 Å². The topological polar surface area (TPSA) is 62.1 Å². The van der Waals surface area contributed by atoms with E-state index in [1.54, 1.807) is 0 Å². The van der Waals surface area contributed by atoms with Crippen molar-refractivity contribution in [2.45, 2.75) is 65.0 Å². The molecule has 0 aromatic heterocycles. The summed E-state index contributed by atoms with van der Waals surface area (Å²) >= 11 is 0. The van der Waals surface area contributed by atoms with Crippen molar-refractivity contribution in [3.8, 4) is 6.07 Å². The van der Waals surface area contributed by atoms with E-state index in [2.05, 4.69) is 18.3 Å². The quantitative estimate of drug-likeness (QED) is 0.783. The number of nitrogens with zero attached hydrogens (tertiary/aromatic N) is 1. The van der Waals surface area contributed by atoms with Gasteiger partial charge in [0, 0.05) is 6.04 Å². The number of unbranched alkanes of at least 4 members (excludes halogenated alkanes) is 1. The minimum absolute atomic E-state index is 0.0974. The zero-order chi connectivity index (χ0) is 12.6. The molecule has 4 nitrogen and oxygen atoms in total. The fourth-order valence-electron chi connectivity index (χ4n) is 1.26. The molecule has 0 spiro atoms. The molecule has 0 aromatic carbocycles. The predicted molar refractivity (Wildman–Crippen MR) is 62.9 cm³/mol. The number of rotatable bonds is 5. The molecule has 0 heterocycles. The SMILES string of the molecule is CCCC[C@@H](CC#N)NC(=O)OC(C)(C)C. The summed E-state index contributed by atoms with van der Waals surface area (Å²) in [7, 11) is 0. The van der Waals surface area contributed by atoms with E-state index < -0.39 is 11.7 Å². The van der Waals surface area contributed by atoms with Crippen LogP contribution in [0.4, 0.5) is 4.79 Å². The third kappa shape index (κ3) is 8.10. The number of nitriles is 1. The maximum Gasteiger partial charge on any atom is 0.407 e. The molecule has 0 rings (SSSR count). The Bertz CT molecular complexity index is 251. The second-order valence-electron chi connectivity index (χ2n) is 4.85. The lowest BCUT2D eigenvalue weighted by Gasteiger charge is -2.22. The lowest BCUT2D eigenvalue weighted by Crippen LogP contribution is -2.39. The van der Waals surface area contributed by atoms with Gasteiger partial charge in [0.15, 0.2) is 0 Å². The smallest absolute Gasteiger partial charge is 0.407 e. The molecule has 1 N–H and O–H groups in total. The molecule has 0 unspecified atom stereocenters. The third-order valence-corrected chi connectivity index (χ3v) is 1.96. The Morgan fingerprint density at radius 1 is 1.50 bits per heavy atom. The van der Waals surface area contributed by atoms with Gasteiger partial charge in [0.05, 0.1) is 12.5 Å². The maximum absolute atomic E-state index is 11.5. The van der Waals surface area contributed by atoms with Crippen LogP contribution >= 0.6 is 0 Å². The Morgan fingerprint density at radius 3 is 2.56 bits per heavy atom. The number of hydrogen-bond acceptors (Lipinski definition) is 3. The van der Waals surface area contributed by atoms with E-state index >= 15 is 0 Å². The van der Waals surface area contributed by atoms with Crippen LogP contribution in [0.5, 0.6) is 0 Å². The molecular weight excluding hydrogens is 204 g/mol. The second kappa shape index (κ2) is 7.10. The number of amides is 1. The standard InChI is InChI=1S/C12H22N2O2/c1-5-6-7-10(8-9-13)14-11(15)16-12(2,3)4/h10H,5-8H2,1-4H3,(H,14,15)/t10-/m0/s1. The highest BCUT2D eigenvalue weighted by atomic mass is 16.6. The van der Waals surface area contributed by atoms with Gasteiger partial charge in [-0.1, -0.05) is 19.8 Å². The van der Waals surface area contributed by atoms with E-state index in [-0.39, 0.29) is 6.04 Å². The molecule has 0 saturated carbocycles. The second-order valence-corrected chi connectivity index (χ2v) is 4.85. The number of carbonyl (C=O) groups excluding carboxylic acids is 1. The van der Waals surface area contributed by atoms with Crippen LogP contribution in [0, 0.1) is 11.3 Å². The maximum atomic E-state index is 11.5. The normalized spacial score (nSPS) is 12.7. The van der Waals surface area contributed by atoms with Crippen molar-refractivity contribution in [1.29, 1.82) is 5.26 Å². The minimum Gasteiger partial charge on any atom is -0.444 e. The monoisotopic (exact) mass is 226 g/mol. The van der Waals surface area contributed by atoms with E-state index in [0.717, 1.165) is 19.3 Å². The van der Waals surface area contributed by atoms with Crippen LogP contribution in [0.2, 0.25) is 0 Å². The van der Waals surface area contributed by atoms with Crippen LogP contribution < -0.4 is 5.32 Å². The van der Waals surface area contributed by atoms with E-state index in [1.165, 1.54) is 0 Å². The lowest BCUT2D eigenvalue weighted by molar-refractivity contribution is 0.0502. The molecule has 0 fully saturated rings. The summed E-state index contributed by atoms with van der Waals surface area (Å²) in [5.41, 5.74) is -0.494. The summed E-state index contributed by atoms with van der Waals surface area (Å²) in [6, 6.07) is 1.98. The third-order valence-electron chi connectivity index (χ3n) is 1.96. The number of nitrogens with one attached hydrogen (secondary N) is 1. The average Bonchev–Trinajstić information content (AvgIpc) is 2.11. The average molecular weight is 226 g/mol. The highest BCUT2D eigenvalue weighted by molar-refractivity contribution is 5.68. The highest BCUT2D eigenvalue weighted by Gasteiger charge is 2.18. The zero-order valence-electron chi connectivity index (χ0n) is 10.7. The van der Waals surface area contributed by atoms with Gasteiger partial charge in [-0.25, -0.2) is 4.79 Å². The first-order valence-electron chi connectivity index (χ1n) is 5.75. The van der Waals surface area contributed by atoms with Gasteiger partial charge in [-0.2, -0.15) is 5.26 Å². The van der Waals surface area contributed by atoms with Gasteiger partial charge < -0.3 is 10.1 Å². The molecular formula is C12H22N2O2. The van der Waals surface area contributed by atoms with Crippen molar-refractivity contribution < 1.29 is 9.53 Å². The largest absolute Gasteiger partial charge is 0.444 e. The minimum atomic E-state index is -0.494. The zero-order valence-corrected chi connectivity index (χ0v) is 10.7. The molecule has 4 heteroatoms. The molecule has 0 aliphatic rings. The van der Waals surface area contributed by atoms with Gasteiger partial charge in [-0.05, 0) is 27.2 Å². The molecule has 0 saturated heterocycles. The first kappa shape index (κ1) is 14.8. The summed E-state index contributed by atoms with van der Waals surface area (Å²) in [5, 5.41) is 11.4. The molecule has 0 aliphatic carbocycles. The van der Waals surface area contributed by atoms with Crippen molar-refractivity contribution in [2.75, 3.05) is 0 Å². The molecule has 92 valence electrons. The molecule has 0 radical (unpaired) electrons. The van der Waals surface area contributed by atoms with Crippen molar-refractivity contribution in [1.82, 2.24) is 5.32 Å². The van der Waals surface area contributed by atoms with Crippen LogP contribution in [0.25, 0.3) is 0 Å². The molecule has 1 atom stereocenters. The Labute approximate surface area is 98.0 Å². The van der Waals surface area contributed by atoms with E-state index in [4.69, 9.17) is 10.00 Å². The first-order chi connectivity index (χ1) is 7.39. The van der Waals surface area contributed by atoms with Crippen LogP contribution in [-0.2, 0) is 4.74 Å². The van der Waals surface area contributed by atoms with Crippen LogP contribution in [0.1, 0.15) is 53.4 Å². The van der Waals surface area contributed by atoms with Gasteiger partial charge in [0.1, 0.15) is 5.60 Å². The summed E-state index contributed by atoms with van der Waals surface area (Å²) in [4.78, 5) is 11.5. The van der Waals surface area contributed by atoms with Crippen LogP contribution in [-0.4, -0.2) is 17.7 Å². The van der Waals surface area contributed by atoms with Gasteiger partial charge in [-0.15, -0.1) is 0 Å². The van der Waals surface area contributed by atoms with E-state index in [0.29, 0.717) is 6.42 Å². The van der Waals surface area contributed by atoms with Gasteiger partial charge >= 0.3 is 6.09 Å². The number of alkyl carbamates (subject to hydrolysis) is 1. The molecule has 0 aromatic rings. The predicted octanol–water partition coefficient (Wildman–Crippen LogP) is 2.98. The van der Waals surface area contributed by atoms with Gasteiger partial charge in [0.25, 0.3) is 0 Å². The Balaban J connectivity index is 4.08. The molecule has 16 heavy (non-hydrogen) atoms. The van der Waals surface area contributed by atoms with Crippen LogP contribution in [0.15, 0.2) is 0 Å². The van der Waals surface area contributed by atoms with Gasteiger partial charge in [-0.3, -0.25) is 0 Å². The van der Waals surface area contributed by atoms with Crippen molar-refractivity contribution in [2.24, 2.45) is 0 Å². The van der Waals surface area contributed by atoms with Gasteiger partial charge in [0.2, 0.25) is 0 Å². The summed E-state index contributed by atoms with van der Waals surface area (Å²) < 4.78 is 5.14. The van der Waals surface area contributed by atoms with E-state index in [1.807, 2.05) is 20.8 Å². The fourth-order valence-corrected chi connectivity index (χ4v) is 1.26. The van der Waals surface area contributed by atoms with E-state index in [9.17, 15) is 4.79 Å². The fraction of sp³-hybridized carbons (Fsp3) is 0.833. The first-order valence-corrected chi connectivity index (χ1v) is 5.75. The Morgan fingerprint density at radius 2 is 2.12 bits per heavy atom. The molecule has 1 amide bonds. The molecule has 0 bridgehead atoms.